The standard InChI is InChI=1S/C18H26N2O4/c1-4-23-18(22)19(3)15-10-12-20(13-11-15)17(21)14(2)24-16-8-6-5-7-9-16/h5-9,14-15H,4,10-13H2,1-3H3/t14-/m0/s1. The summed E-state index contributed by atoms with van der Waals surface area (Å²) in [6.07, 6.45) is 0.674. The largest absolute Gasteiger partial charge is 0.481 e. The van der Waals surface area contributed by atoms with Gasteiger partial charge in [0.15, 0.2) is 6.10 Å². The lowest BCUT2D eigenvalue weighted by Crippen LogP contribution is -2.50. The average Bonchev–Trinajstić information content (AvgIpc) is 2.61. The Balaban J connectivity index is 1.83. The lowest BCUT2D eigenvalue weighted by atomic mass is 10.0. The van der Waals surface area contributed by atoms with Gasteiger partial charge in [-0.15, -0.1) is 0 Å². The van der Waals surface area contributed by atoms with Crippen LogP contribution in [0.1, 0.15) is 26.7 Å². The van der Waals surface area contributed by atoms with Gasteiger partial charge in [-0.3, -0.25) is 4.79 Å². The maximum Gasteiger partial charge on any atom is 0.409 e. The number of ether oxygens (including phenoxy) is 2. The third kappa shape index (κ3) is 4.63. The van der Waals surface area contributed by atoms with E-state index >= 15 is 0 Å². The fraction of sp³-hybridized carbons (Fsp3) is 0.556. The second-order valence-electron chi connectivity index (χ2n) is 5.94. The normalized spacial score (nSPS) is 16.4. The van der Waals surface area contributed by atoms with Crippen molar-refractivity contribution in [2.45, 2.75) is 38.8 Å². The van der Waals surface area contributed by atoms with Crippen LogP contribution in [0.5, 0.6) is 5.75 Å². The lowest BCUT2D eigenvalue weighted by molar-refractivity contribution is -0.139. The quantitative estimate of drug-likeness (QED) is 0.830. The summed E-state index contributed by atoms with van der Waals surface area (Å²) in [5, 5.41) is 0. The number of hydrogen-bond donors (Lipinski definition) is 0. The number of carbonyl (C=O) groups excluding carboxylic acids is 2. The van der Waals surface area contributed by atoms with Crippen molar-refractivity contribution < 1.29 is 19.1 Å². The maximum absolute atomic E-state index is 12.5. The minimum absolute atomic E-state index is 0.0175. The summed E-state index contributed by atoms with van der Waals surface area (Å²) in [4.78, 5) is 27.7. The van der Waals surface area contributed by atoms with Crippen LogP contribution in [0, 0.1) is 0 Å². The lowest BCUT2D eigenvalue weighted by Gasteiger charge is -2.37. The molecule has 132 valence electrons. The van der Waals surface area contributed by atoms with Crippen LogP contribution < -0.4 is 4.74 Å². The Labute approximate surface area is 143 Å². The van der Waals surface area contributed by atoms with Crippen molar-refractivity contribution in [2.24, 2.45) is 0 Å². The molecule has 0 radical (unpaired) electrons. The molecule has 0 unspecified atom stereocenters. The monoisotopic (exact) mass is 334 g/mol. The molecule has 0 N–H and O–H groups in total. The molecule has 0 spiro atoms. The summed E-state index contributed by atoms with van der Waals surface area (Å²) in [6.45, 7) is 5.17. The number of carbonyl (C=O) groups is 2. The number of likely N-dealkylation sites (tertiary alicyclic amines) is 1. The van der Waals surface area contributed by atoms with E-state index in [-0.39, 0.29) is 18.0 Å². The zero-order valence-corrected chi connectivity index (χ0v) is 14.6. The molecule has 2 amide bonds. The van der Waals surface area contributed by atoms with Gasteiger partial charge in [-0.05, 0) is 38.8 Å². The zero-order valence-electron chi connectivity index (χ0n) is 14.6. The number of rotatable bonds is 5. The van der Waals surface area contributed by atoms with Gasteiger partial charge in [0, 0.05) is 26.2 Å². The van der Waals surface area contributed by atoms with Gasteiger partial charge < -0.3 is 19.3 Å². The van der Waals surface area contributed by atoms with E-state index in [0.717, 1.165) is 12.8 Å². The molecule has 24 heavy (non-hydrogen) atoms. The molecule has 1 heterocycles. The first-order valence-electron chi connectivity index (χ1n) is 8.43. The van der Waals surface area contributed by atoms with Crippen LogP contribution in [0.15, 0.2) is 30.3 Å². The Bertz CT molecular complexity index is 541. The van der Waals surface area contributed by atoms with Crippen LogP contribution in [-0.4, -0.2) is 60.7 Å². The average molecular weight is 334 g/mol. The highest BCUT2D eigenvalue weighted by atomic mass is 16.6. The highest BCUT2D eigenvalue weighted by molar-refractivity contribution is 5.81. The third-order valence-electron chi connectivity index (χ3n) is 4.28. The van der Waals surface area contributed by atoms with Crippen molar-refractivity contribution in [3.63, 3.8) is 0 Å². The van der Waals surface area contributed by atoms with Gasteiger partial charge in [-0.1, -0.05) is 18.2 Å². The number of piperidine rings is 1. The second kappa shape index (κ2) is 8.57. The minimum atomic E-state index is -0.522. The van der Waals surface area contributed by atoms with E-state index in [1.165, 1.54) is 0 Å². The van der Waals surface area contributed by atoms with Gasteiger partial charge in [0.2, 0.25) is 0 Å². The van der Waals surface area contributed by atoms with E-state index in [2.05, 4.69) is 0 Å². The molecule has 6 nitrogen and oxygen atoms in total. The van der Waals surface area contributed by atoms with E-state index in [0.29, 0.717) is 25.4 Å². The van der Waals surface area contributed by atoms with Gasteiger partial charge >= 0.3 is 6.09 Å². The Hall–Kier alpha value is -2.24. The molecule has 1 aliphatic rings. The first kappa shape index (κ1) is 18.1. The predicted octanol–water partition coefficient (Wildman–Crippen LogP) is 2.53. The first-order valence-corrected chi connectivity index (χ1v) is 8.43. The van der Waals surface area contributed by atoms with E-state index in [9.17, 15) is 9.59 Å². The summed E-state index contributed by atoms with van der Waals surface area (Å²) in [5.41, 5.74) is 0. The molecule has 0 saturated carbocycles. The van der Waals surface area contributed by atoms with Gasteiger partial charge in [0.1, 0.15) is 5.75 Å². The van der Waals surface area contributed by atoms with Crippen molar-refractivity contribution in [3.05, 3.63) is 30.3 Å². The molecule has 1 fully saturated rings. The molecule has 2 rings (SSSR count). The Morgan fingerprint density at radius 3 is 2.46 bits per heavy atom. The maximum atomic E-state index is 12.5. The van der Waals surface area contributed by atoms with Gasteiger partial charge in [0.05, 0.1) is 6.61 Å². The summed E-state index contributed by atoms with van der Waals surface area (Å²) >= 11 is 0. The Kier molecular flexibility index (Phi) is 6.46. The number of nitrogens with zero attached hydrogens (tertiary/aromatic N) is 2. The first-order chi connectivity index (χ1) is 11.5. The molecule has 0 bridgehead atoms. The highest BCUT2D eigenvalue weighted by Crippen LogP contribution is 2.18. The SMILES string of the molecule is CCOC(=O)N(C)C1CCN(C(=O)[C@H](C)Oc2ccccc2)CC1. The number of hydrogen-bond acceptors (Lipinski definition) is 4. The van der Waals surface area contributed by atoms with Gasteiger partial charge in [-0.2, -0.15) is 0 Å². The molecule has 0 aliphatic carbocycles. The summed E-state index contributed by atoms with van der Waals surface area (Å²) in [5.74, 6) is 0.673. The molecule has 1 aromatic carbocycles. The summed E-state index contributed by atoms with van der Waals surface area (Å²) < 4.78 is 10.7. The summed E-state index contributed by atoms with van der Waals surface area (Å²) in [6, 6.07) is 9.45. The summed E-state index contributed by atoms with van der Waals surface area (Å²) in [7, 11) is 1.75. The van der Waals surface area contributed by atoms with Crippen LogP contribution >= 0.6 is 0 Å². The second-order valence-corrected chi connectivity index (χ2v) is 5.94. The van der Waals surface area contributed by atoms with Crippen LogP contribution in [-0.2, 0) is 9.53 Å². The molecule has 1 saturated heterocycles. The van der Waals surface area contributed by atoms with Gasteiger partial charge in [-0.25, -0.2) is 4.79 Å². The predicted molar refractivity (Wildman–Crippen MR) is 90.9 cm³/mol. The van der Waals surface area contributed by atoms with Crippen molar-refractivity contribution in [3.8, 4) is 5.75 Å². The van der Waals surface area contributed by atoms with Crippen LogP contribution in [0.2, 0.25) is 0 Å². The van der Waals surface area contributed by atoms with Crippen molar-refractivity contribution in [1.29, 1.82) is 0 Å². The molecule has 1 atom stereocenters. The Morgan fingerprint density at radius 2 is 1.88 bits per heavy atom. The van der Waals surface area contributed by atoms with Crippen LogP contribution in [0.25, 0.3) is 0 Å². The Morgan fingerprint density at radius 1 is 1.25 bits per heavy atom. The van der Waals surface area contributed by atoms with Crippen molar-refractivity contribution in [1.82, 2.24) is 9.80 Å². The molecule has 0 aromatic heterocycles. The molecule has 1 aliphatic heterocycles. The smallest absolute Gasteiger partial charge is 0.409 e. The van der Waals surface area contributed by atoms with Crippen LogP contribution in [0.3, 0.4) is 0 Å². The number of para-hydroxylation sites is 1. The third-order valence-corrected chi connectivity index (χ3v) is 4.28. The fourth-order valence-corrected chi connectivity index (χ4v) is 2.86. The number of amides is 2. The van der Waals surface area contributed by atoms with E-state index in [1.54, 1.807) is 25.8 Å². The van der Waals surface area contributed by atoms with E-state index in [4.69, 9.17) is 9.47 Å². The molecule has 1 aromatic rings. The van der Waals surface area contributed by atoms with Crippen LogP contribution in [0.4, 0.5) is 4.79 Å². The highest BCUT2D eigenvalue weighted by Gasteiger charge is 2.30. The zero-order chi connectivity index (χ0) is 17.5. The number of benzene rings is 1. The van der Waals surface area contributed by atoms with E-state index in [1.807, 2.05) is 35.2 Å². The molecular weight excluding hydrogens is 308 g/mol. The van der Waals surface area contributed by atoms with Crippen molar-refractivity contribution in [2.75, 3.05) is 26.7 Å². The van der Waals surface area contributed by atoms with Crippen molar-refractivity contribution >= 4 is 12.0 Å². The molecule has 6 heteroatoms. The fourth-order valence-electron chi connectivity index (χ4n) is 2.86. The topological polar surface area (TPSA) is 59.1 Å². The van der Waals surface area contributed by atoms with Gasteiger partial charge in [0.25, 0.3) is 5.91 Å². The molecular formula is C18H26N2O4. The minimum Gasteiger partial charge on any atom is -0.481 e. The van der Waals surface area contributed by atoms with E-state index < -0.39 is 6.10 Å².